The van der Waals surface area contributed by atoms with Crippen molar-refractivity contribution in [2.24, 2.45) is 11.7 Å². The molecule has 4 nitrogen and oxygen atoms in total. The molecule has 0 bridgehead atoms. The number of hydrogen-bond donors (Lipinski definition) is 2. The van der Waals surface area contributed by atoms with Crippen molar-refractivity contribution in [3.63, 3.8) is 0 Å². The number of ether oxygens (including phenoxy) is 1. The quantitative estimate of drug-likeness (QED) is 0.806. The van der Waals surface area contributed by atoms with Crippen molar-refractivity contribution in [3.05, 3.63) is 23.4 Å². The average Bonchev–Trinajstić information content (AvgIpc) is 3.07. The number of methoxy groups -OCH3 is 1. The summed E-state index contributed by atoms with van der Waals surface area (Å²) in [5.41, 5.74) is 14.0. The molecule has 0 aromatic carbocycles. The molecule has 1 fully saturated rings. The number of pyridine rings is 1. The maximum atomic E-state index is 6.22. The lowest BCUT2D eigenvalue weighted by molar-refractivity contribution is 0.0625. The molecule has 88 valence electrons. The summed E-state index contributed by atoms with van der Waals surface area (Å²) in [5.74, 6) is 1.10. The molecule has 4 N–H and O–H groups in total. The van der Waals surface area contributed by atoms with Crippen molar-refractivity contribution in [2.75, 3.05) is 12.8 Å². The summed E-state index contributed by atoms with van der Waals surface area (Å²) in [6, 6.07) is 1.83. The fourth-order valence-electron chi connectivity index (χ4n) is 2.10. The standard InChI is InChI=1S/C12H19N3O/c1-7-5-9(12(14)15-6-7)10(13)11(16-2)8-3-4-8/h5-6,8,10-11H,3-4,13H2,1-2H3,(H2,14,15). The van der Waals surface area contributed by atoms with Gasteiger partial charge in [-0.1, -0.05) is 0 Å². The van der Waals surface area contributed by atoms with Crippen LogP contribution in [0.2, 0.25) is 0 Å². The first-order valence-corrected chi connectivity index (χ1v) is 5.64. The highest BCUT2D eigenvalue weighted by Crippen LogP contribution is 2.39. The predicted octanol–water partition coefficient (Wildman–Crippen LogP) is 1.40. The monoisotopic (exact) mass is 221 g/mol. The van der Waals surface area contributed by atoms with Crippen LogP contribution in [0.1, 0.15) is 30.0 Å². The maximum Gasteiger partial charge on any atom is 0.128 e. The van der Waals surface area contributed by atoms with Crippen LogP contribution >= 0.6 is 0 Å². The van der Waals surface area contributed by atoms with E-state index in [-0.39, 0.29) is 12.1 Å². The summed E-state index contributed by atoms with van der Waals surface area (Å²) in [6.45, 7) is 1.99. The van der Waals surface area contributed by atoms with Gasteiger partial charge in [0, 0.05) is 18.9 Å². The average molecular weight is 221 g/mol. The van der Waals surface area contributed by atoms with Gasteiger partial charge in [0.05, 0.1) is 12.1 Å². The molecule has 1 aromatic heterocycles. The van der Waals surface area contributed by atoms with E-state index < -0.39 is 0 Å². The summed E-state index contributed by atoms with van der Waals surface area (Å²) in [7, 11) is 1.71. The van der Waals surface area contributed by atoms with Crippen LogP contribution < -0.4 is 11.5 Å². The number of nitrogens with zero attached hydrogens (tertiary/aromatic N) is 1. The summed E-state index contributed by atoms with van der Waals surface area (Å²) in [5, 5.41) is 0. The van der Waals surface area contributed by atoms with E-state index in [1.807, 2.05) is 13.0 Å². The summed E-state index contributed by atoms with van der Waals surface area (Å²) >= 11 is 0. The predicted molar refractivity (Wildman–Crippen MR) is 63.8 cm³/mol. The van der Waals surface area contributed by atoms with Crippen LogP contribution in [0.4, 0.5) is 5.82 Å². The van der Waals surface area contributed by atoms with Gasteiger partial charge in [0.25, 0.3) is 0 Å². The largest absolute Gasteiger partial charge is 0.383 e. The molecule has 0 saturated heterocycles. The van der Waals surface area contributed by atoms with Crippen LogP contribution in [0, 0.1) is 12.8 Å². The molecule has 4 heteroatoms. The van der Waals surface area contributed by atoms with E-state index in [1.54, 1.807) is 13.3 Å². The second-order valence-electron chi connectivity index (χ2n) is 4.55. The van der Waals surface area contributed by atoms with E-state index in [4.69, 9.17) is 16.2 Å². The van der Waals surface area contributed by atoms with Crippen LogP contribution in [0.25, 0.3) is 0 Å². The molecule has 2 atom stereocenters. The molecule has 0 amide bonds. The molecule has 0 spiro atoms. The minimum Gasteiger partial charge on any atom is -0.383 e. The summed E-state index contributed by atoms with van der Waals surface area (Å²) in [6.07, 6.45) is 4.21. The molecule has 1 heterocycles. The van der Waals surface area contributed by atoms with Crippen molar-refractivity contribution >= 4 is 5.82 Å². The normalized spacial score (nSPS) is 19.4. The molecule has 1 aromatic rings. The Labute approximate surface area is 96.0 Å². The highest BCUT2D eigenvalue weighted by molar-refractivity contribution is 5.43. The van der Waals surface area contributed by atoms with E-state index in [2.05, 4.69) is 4.98 Å². The summed E-state index contributed by atoms with van der Waals surface area (Å²) in [4.78, 5) is 4.14. The molecule has 0 aliphatic heterocycles. The van der Waals surface area contributed by atoms with Crippen LogP contribution in [-0.2, 0) is 4.74 Å². The van der Waals surface area contributed by atoms with E-state index in [0.29, 0.717) is 11.7 Å². The first-order chi connectivity index (χ1) is 7.63. The Morgan fingerprint density at radius 2 is 2.19 bits per heavy atom. The minimum atomic E-state index is -0.176. The van der Waals surface area contributed by atoms with Crippen molar-refractivity contribution < 1.29 is 4.74 Å². The van der Waals surface area contributed by atoms with Crippen LogP contribution in [0.5, 0.6) is 0 Å². The van der Waals surface area contributed by atoms with Gasteiger partial charge in [0.2, 0.25) is 0 Å². The van der Waals surface area contributed by atoms with Gasteiger partial charge >= 0.3 is 0 Å². The van der Waals surface area contributed by atoms with Crippen LogP contribution in [0.3, 0.4) is 0 Å². The second kappa shape index (κ2) is 4.39. The van der Waals surface area contributed by atoms with Crippen LogP contribution in [-0.4, -0.2) is 18.2 Å². The molecule has 1 aliphatic rings. The zero-order valence-electron chi connectivity index (χ0n) is 9.81. The molecule has 2 rings (SSSR count). The fraction of sp³-hybridized carbons (Fsp3) is 0.583. The first kappa shape index (κ1) is 11.4. The van der Waals surface area contributed by atoms with E-state index in [0.717, 1.165) is 11.1 Å². The lowest BCUT2D eigenvalue weighted by atomic mass is 9.98. The van der Waals surface area contributed by atoms with Gasteiger partial charge in [-0.15, -0.1) is 0 Å². The van der Waals surface area contributed by atoms with Crippen molar-refractivity contribution in [1.29, 1.82) is 0 Å². The Bertz CT molecular complexity index is 377. The first-order valence-electron chi connectivity index (χ1n) is 5.64. The minimum absolute atomic E-state index is 0.0610. The van der Waals surface area contributed by atoms with Gasteiger partial charge in [0.15, 0.2) is 0 Å². The number of hydrogen-bond acceptors (Lipinski definition) is 4. The van der Waals surface area contributed by atoms with Crippen molar-refractivity contribution in [3.8, 4) is 0 Å². The van der Waals surface area contributed by atoms with Gasteiger partial charge in [-0.3, -0.25) is 0 Å². The smallest absolute Gasteiger partial charge is 0.128 e. The number of aromatic nitrogens is 1. The molecular formula is C12H19N3O. The fourth-order valence-corrected chi connectivity index (χ4v) is 2.10. The van der Waals surface area contributed by atoms with Crippen LogP contribution in [0.15, 0.2) is 12.3 Å². The summed E-state index contributed by atoms with van der Waals surface area (Å²) < 4.78 is 5.48. The Balaban J connectivity index is 2.24. The Morgan fingerprint density at radius 1 is 1.50 bits per heavy atom. The maximum absolute atomic E-state index is 6.22. The van der Waals surface area contributed by atoms with Gasteiger partial charge in [-0.25, -0.2) is 4.98 Å². The molecule has 1 saturated carbocycles. The van der Waals surface area contributed by atoms with Gasteiger partial charge in [-0.05, 0) is 37.3 Å². The molecule has 1 aliphatic carbocycles. The Hall–Kier alpha value is -1.13. The number of aryl methyl sites for hydroxylation is 1. The number of anilines is 1. The lowest BCUT2D eigenvalue weighted by Gasteiger charge is -2.23. The Morgan fingerprint density at radius 3 is 2.75 bits per heavy atom. The number of rotatable bonds is 4. The zero-order valence-corrected chi connectivity index (χ0v) is 9.81. The van der Waals surface area contributed by atoms with E-state index in [1.165, 1.54) is 12.8 Å². The lowest BCUT2D eigenvalue weighted by Crippen LogP contribution is -2.30. The van der Waals surface area contributed by atoms with Crippen molar-refractivity contribution in [2.45, 2.75) is 31.9 Å². The third kappa shape index (κ3) is 2.18. The highest BCUT2D eigenvalue weighted by Gasteiger charge is 2.36. The van der Waals surface area contributed by atoms with Crippen molar-refractivity contribution in [1.82, 2.24) is 4.98 Å². The second-order valence-corrected chi connectivity index (χ2v) is 4.55. The van der Waals surface area contributed by atoms with Gasteiger partial charge < -0.3 is 16.2 Å². The third-order valence-corrected chi connectivity index (χ3v) is 3.16. The number of nitrogen functional groups attached to an aromatic ring is 1. The highest BCUT2D eigenvalue weighted by atomic mass is 16.5. The zero-order chi connectivity index (χ0) is 11.7. The molecule has 2 unspecified atom stereocenters. The van der Waals surface area contributed by atoms with E-state index >= 15 is 0 Å². The molecular weight excluding hydrogens is 202 g/mol. The van der Waals surface area contributed by atoms with E-state index in [9.17, 15) is 0 Å². The SMILES string of the molecule is COC(C1CC1)C(N)c1cc(C)cnc1N. The topological polar surface area (TPSA) is 74.2 Å². The van der Waals surface area contributed by atoms with Gasteiger partial charge in [-0.2, -0.15) is 0 Å². The number of nitrogens with two attached hydrogens (primary N) is 2. The molecule has 16 heavy (non-hydrogen) atoms. The van der Waals surface area contributed by atoms with Gasteiger partial charge in [0.1, 0.15) is 5.82 Å². The molecule has 0 radical (unpaired) electrons. The Kier molecular flexibility index (Phi) is 3.12. The third-order valence-electron chi connectivity index (χ3n) is 3.16.